The minimum Gasteiger partial charge on any atom is -0.480 e. The number of rotatable bonds is 7. The lowest BCUT2D eigenvalue weighted by atomic mass is 10.2. The van der Waals surface area contributed by atoms with Gasteiger partial charge in [0, 0.05) is 17.9 Å². The Morgan fingerprint density at radius 3 is 2.07 bits per heavy atom. The standard InChI is InChI=1S/C13H16N2O4.C8H10S/c1-2-8-15(13(19)14-9-11(16)17)12(18)10-6-4-3-5-7-10;1-9-7-8-5-3-2-4-6-8/h3-7H,2,8-9H2,1H3,(H,14,19)(H,16,17);2-6H,7H2,1H3. The van der Waals surface area contributed by atoms with Gasteiger partial charge in [-0.2, -0.15) is 11.8 Å². The molecule has 0 aromatic heterocycles. The van der Waals surface area contributed by atoms with Gasteiger partial charge in [-0.25, -0.2) is 4.79 Å². The molecule has 0 saturated heterocycles. The summed E-state index contributed by atoms with van der Waals surface area (Å²) < 4.78 is 0. The summed E-state index contributed by atoms with van der Waals surface area (Å²) in [6, 6.07) is 18.2. The Morgan fingerprint density at radius 2 is 1.57 bits per heavy atom. The highest BCUT2D eigenvalue weighted by Crippen LogP contribution is 2.07. The van der Waals surface area contributed by atoms with Gasteiger partial charge in [-0.05, 0) is 30.4 Å². The van der Waals surface area contributed by atoms with Crippen LogP contribution in [0.15, 0.2) is 60.7 Å². The number of thioether (sulfide) groups is 1. The molecule has 0 aliphatic rings. The van der Waals surface area contributed by atoms with Gasteiger partial charge in [0.15, 0.2) is 0 Å². The number of hydrogen-bond acceptors (Lipinski definition) is 4. The molecule has 150 valence electrons. The van der Waals surface area contributed by atoms with E-state index in [4.69, 9.17) is 5.11 Å². The summed E-state index contributed by atoms with van der Waals surface area (Å²) >= 11 is 1.85. The molecule has 2 aromatic rings. The van der Waals surface area contributed by atoms with E-state index in [1.807, 2.05) is 24.8 Å². The first-order valence-electron chi connectivity index (χ1n) is 8.89. The molecule has 0 spiro atoms. The molecule has 0 aliphatic carbocycles. The van der Waals surface area contributed by atoms with E-state index in [1.165, 1.54) is 5.56 Å². The second-order valence-corrected chi connectivity index (χ2v) is 6.66. The number of benzene rings is 2. The molecule has 28 heavy (non-hydrogen) atoms. The van der Waals surface area contributed by atoms with Gasteiger partial charge in [-0.1, -0.05) is 55.5 Å². The first-order valence-corrected chi connectivity index (χ1v) is 10.3. The Bertz CT molecular complexity index is 739. The van der Waals surface area contributed by atoms with Gasteiger partial charge in [0.25, 0.3) is 5.91 Å². The number of carbonyl (C=O) groups is 3. The lowest BCUT2D eigenvalue weighted by Crippen LogP contribution is -2.45. The van der Waals surface area contributed by atoms with Gasteiger partial charge in [0.1, 0.15) is 6.54 Å². The topological polar surface area (TPSA) is 86.7 Å². The van der Waals surface area contributed by atoms with E-state index in [1.54, 1.807) is 30.3 Å². The maximum atomic E-state index is 12.1. The Kier molecular flexibility index (Phi) is 11.1. The Labute approximate surface area is 169 Å². The van der Waals surface area contributed by atoms with Crippen LogP contribution in [0.25, 0.3) is 0 Å². The third kappa shape index (κ3) is 8.73. The molecule has 2 N–H and O–H groups in total. The molecule has 0 radical (unpaired) electrons. The zero-order valence-corrected chi connectivity index (χ0v) is 16.9. The van der Waals surface area contributed by atoms with E-state index in [0.717, 1.165) is 10.7 Å². The number of carboxylic acid groups (broad SMARTS) is 1. The van der Waals surface area contributed by atoms with Crippen LogP contribution in [0.3, 0.4) is 0 Å². The fourth-order valence-electron chi connectivity index (χ4n) is 2.24. The summed E-state index contributed by atoms with van der Waals surface area (Å²) in [5, 5.41) is 10.7. The van der Waals surface area contributed by atoms with Gasteiger partial charge in [0.05, 0.1) is 0 Å². The Morgan fingerprint density at radius 1 is 1.00 bits per heavy atom. The molecule has 3 amide bonds. The molecule has 0 heterocycles. The predicted octanol–water partition coefficient (Wildman–Crippen LogP) is 3.88. The quantitative estimate of drug-likeness (QED) is 0.734. The highest BCUT2D eigenvalue weighted by Gasteiger charge is 2.21. The Balaban J connectivity index is 0.000000362. The van der Waals surface area contributed by atoms with Gasteiger partial charge >= 0.3 is 12.0 Å². The summed E-state index contributed by atoms with van der Waals surface area (Å²) in [6.07, 6.45) is 2.71. The zero-order chi connectivity index (χ0) is 20.8. The SMILES string of the molecule is CCCN(C(=O)NCC(=O)O)C(=O)c1ccccc1.CSCc1ccccc1. The number of urea groups is 1. The summed E-state index contributed by atoms with van der Waals surface area (Å²) in [6.45, 7) is 1.55. The molecule has 2 aromatic carbocycles. The van der Waals surface area contributed by atoms with Crippen LogP contribution in [0.1, 0.15) is 29.3 Å². The van der Waals surface area contributed by atoms with E-state index in [-0.39, 0.29) is 6.54 Å². The molecule has 2 rings (SSSR count). The number of carbonyl (C=O) groups excluding carboxylic acids is 2. The molecule has 0 aliphatic heterocycles. The summed E-state index contributed by atoms with van der Waals surface area (Å²) in [5.41, 5.74) is 1.80. The predicted molar refractivity (Wildman–Crippen MR) is 112 cm³/mol. The van der Waals surface area contributed by atoms with E-state index < -0.39 is 24.5 Å². The molecule has 0 fully saturated rings. The van der Waals surface area contributed by atoms with E-state index >= 15 is 0 Å². The first kappa shape index (κ1) is 23.2. The lowest BCUT2D eigenvalue weighted by Gasteiger charge is -2.20. The first-order chi connectivity index (χ1) is 13.5. The molecular weight excluding hydrogens is 376 g/mol. The summed E-state index contributed by atoms with van der Waals surface area (Å²) in [7, 11) is 0. The van der Waals surface area contributed by atoms with Crippen molar-refractivity contribution in [1.29, 1.82) is 0 Å². The summed E-state index contributed by atoms with van der Waals surface area (Å²) in [5.74, 6) is -0.469. The number of carboxylic acids is 1. The van der Waals surface area contributed by atoms with Crippen molar-refractivity contribution < 1.29 is 19.5 Å². The monoisotopic (exact) mass is 402 g/mol. The van der Waals surface area contributed by atoms with Crippen LogP contribution < -0.4 is 5.32 Å². The maximum absolute atomic E-state index is 12.1. The second-order valence-electron chi connectivity index (χ2n) is 5.79. The minimum absolute atomic E-state index is 0.235. The fraction of sp³-hybridized carbons (Fsp3) is 0.286. The van der Waals surface area contributed by atoms with Crippen LogP contribution in [0.4, 0.5) is 4.79 Å². The lowest BCUT2D eigenvalue weighted by molar-refractivity contribution is -0.135. The van der Waals surface area contributed by atoms with E-state index in [2.05, 4.69) is 35.8 Å². The molecule has 0 saturated carbocycles. The molecule has 6 nitrogen and oxygen atoms in total. The molecule has 7 heteroatoms. The molecule has 0 unspecified atom stereocenters. The minimum atomic E-state index is -1.16. The van der Waals surface area contributed by atoms with Crippen LogP contribution in [0.5, 0.6) is 0 Å². The number of nitrogens with zero attached hydrogens (tertiary/aromatic N) is 1. The number of hydrogen-bond donors (Lipinski definition) is 2. The number of amides is 3. The maximum Gasteiger partial charge on any atom is 0.324 e. The second kappa shape index (κ2) is 13.4. The van der Waals surface area contributed by atoms with E-state index in [0.29, 0.717) is 12.0 Å². The molecular formula is C21H26N2O4S. The van der Waals surface area contributed by atoms with Crippen molar-refractivity contribution in [2.45, 2.75) is 19.1 Å². The van der Waals surface area contributed by atoms with E-state index in [9.17, 15) is 14.4 Å². The van der Waals surface area contributed by atoms with Gasteiger partial charge in [-0.3, -0.25) is 14.5 Å². The van der Waals surface area contributed by atoms with Gasteiger partial charge in [-0.15, -0.1) is 0 Å². The van der Waals surface area contributed by atoms with Gasteiger partial charge < -0.3 is 10.4 Å². The number of aliphatic carboxylic acids is 1. The van der Waals surface area contributed by atoms with Crippen LogP contribution in [0, 0.1) is 0 Å². The third-order valence-electron chi connectivity index (χ3n) is 3.50. The molecule has 0 bridgehead atoms. The largest absolute Gasteiger partial charge is 0.480 e. The average Bonchev–Trinajstić information content (AvgIpc) is 2.72. The highest BCUT2D eigenvalue weighted by atomic mass is 32.2. The van der Waals surface area contributed by atoms with Crippen LogP contribution in [-0.4, -0.2) is 47.3 Å². The highest BCUT2D eigenvalue weighted by molar-refractivity contribution is 7.97. The van der Waals surface area contributed by atoms with Gasteiger partial charge in [0.2, 0.25) is 0 Å². The zero-order valence-electron chi connectivity index (χ0n) is 16.1. The third-order valence-corrected chi connectivity index (χ3v) is 4.12. The Hall–Kier alpha value is -2.80. The average molecular weight is 403 g/mol. The normalized spacial score (nSPS) is 9.64. The van der Waals surface area contributed by atoms with Crippen LogP contribution >= 0.6 is 11.8 Å². The number of imide groups is 1. The van der Waals surface area contributed by atoms with Crippen LogP contribution in [-0.2, 0) is 10.5 Å². The van der Waals surface area contributed by atoms with Crippen LogP contribution in [0.2, 0.25) is 0 Å². The van der Waals surface area contributed by atoms with Crippen molar-refractivity contribution in [1.82, 2.24) is 10.2 Å². The van der Waals surface area contributed by atoms with Crippen molar-refractivity contribution in [2.75, 3.05) is 19.3 Å². The van der Waals surface area contributed by atoms with Crippen molar-refractivity contribution in [3.8, 4) is 0 Å². The smallest absolute Gasteiger partial charge is 0.324 e. The number of nitrogens with one attached hydrogen (secondary N) is 1. The van der Waals surface area contributed by atoms with Crippen molar-refractivity contribution in [3.63, 3.8) is 0 Å². The molecule has 0 atom stereocenters. The van der Waals surface area contributed by atoms with Crippen molar-refractivity contribution in [2.24, 2.45) is 0 Å². The fourth-order valence-corrected chi connectivity index (χ4v) is 2.77. The summed E-state index contributed by atoms with van der Waals surface area (Å²) in [4.78, 5) is 35.3. The van der Waals surface area contributed by atoms with Crippen molar-refractivity contribution in [3.05, 3.63) is 71.8 Å². The van der Waals surface area contributed by atoms with Crippen molar-refractivity contribution >= 4 is 29.7 Å².